The van der Waals surface area contributed by atoms with Gasteiger partial charge < -0.3 is 16.0 Å². The van der Waals surface area contributed by atoms with Crippen LogP contribution >= 0.6 is 0 Å². The summed E-state index contributed by atoms with van der Waals surface area (Å²) in [4.78, 5) is 17.9. The summed E-state index contributed by atoms with van der Waals surface area (Å²) in [5.41, 5.74) is 5.72. The third kappa shape index (κ3) is 2.49. The molecule has 5 nitrogen and oxygen atoms in total. The maximum atomic E-state index is 11.2. The molecule has 17 heavy (non-hydrogen) atoms. The lowest BCUT2D eigenvalue weighted by Gasteiger charge is -2.28. The van der Waals surface area contributed by atoms with E-state index in [-0.39, 0.29) is 0 Å². The molecule has 1 saturated heterocycles. The van der Waals surface area contributed by atoms with Crippen molar-refractivity contribution in [2.24, 2.45) is 5.73 Å². The summed E-state index contributed by atoms with van der Waals surface area (Å²) in [5, 5.41) is 2.92. The Kier molecular flexibility index (Phi) is 3.46. The summed E-state index contributed by atoms with van der Waals surface area (Å²) in [5.74, 6) is 1.02. The van der Waals surface area contributed by atoms with Crippen molar-refractivity contribution >= 4 is 17.5 Å². The highest BCUT2D eigenvalue weighted by Gasteiger charge is 2.15. The Balaban J connectivity index is 2.27. The summed E-state index contributed by atoms with van der Waals surface area (Å²) >= 11 is 0. The van der Waals surface area contributed by atoms with Gasteiger partial charge in [0.1, 0.15) is 11.6 Å². The average Bonchev–Trinajstić information content (AvgIpc) is 2.39. The number of hydrogen-bond acceptors (Lipinski definition) is 4. The van der Waals surface area contributed by atoms with Crippen LogP contribution in [0.5, 0.6) is 0 Å². The lowest BCUT2D eigenvalue weighted by molar-refractivity contribution is 0.100. The van der Waals surface area contributed by atoms with Gasteiger partial charge in [-0.1, -0.05) is 0 Å². The number of anilines is 2. The molecule has 1 amide bonds. The fourth-order valence-electron chi connectivity index (χ4n) is 2.14. The molecule has 2 rings (SSSR count). The SMILES string of the molecule is CNc1nc(N2CCCCC2)ccc1C(N)=O. The van der Waals surface area contributed by atoms with Gasteiger partial charge in [0.05, 0.1) is 5.56 Å². The first-order valence-corrected chi connectivity index (χ1v) is 5.96. The number of piperidine rings is 1. The van der Waals surface area contributed by atoms with Crippen LogP contribution in [0, 0.1) is 0 Å². The molecule has 2 heterocycles. The third-order valence-electron chi connectivity index (χ3n) is 3.06. The van der Waals surface area contributed by atoms with Crippen LogP contribution in [0.4, 0.5) is 11.6 Å². The van der Waals surface area contributed by atoms with Crippen LogP contribution in [-0.4, -0.2) is 31.0 Å². The molecule has 3 N–H and O–H groups in total. The van der Waals surface area contributed by atoms with Crippen molar-refractivity contribution in [1.29, 1.82) is 0 Å². The van der Waals surface area contributed by atoms with Crippen LogP contribution in [0.25, 0.3) is 0 Å². The van der Waals surface area contributed by atoms with Crippen LogP contribution in [0.2, 0.25) is 0 Å². The second kappa shape index (κ2) is 5.03. The Morgan fingerprint density at radius 2 is 2.06 bits per heavy atom. The highest BCUT2D eigenvalue weighted by Crippen LogP contribution is 2.21. The number of nitrogens with two attached hydrogens (primary N) is 1. The van der Waals surface area contributed by atoms with E-state index in [1.165, 1.54) is 19.3 Å². The van der Waals surface area contributed by atoms with E-state index in [1.54, 1.807) is 13.1 Å². The molecule has 0 atom stereocenters. The van der Waals surface area contributed by atoms with Gasteiger partial charge in [0, 0.05) is 20.1 Å². The zero-order valence-electron chi connectivity index (χ0n) is 10.1. The number of primary amides is 1. The van der Waals surface area contributed by atoms with Crippen molar-refractivity contribution in [2.45, 2.75) is 19.3 Å². The summed E-state index contributed by atoms with van der Waals surface area (Å²) in [6.07, 6.45) is 3.69. The van der Waals surface area contributed by atoms with Gasteiger partial charge in [0.2, 0.25) is 0 Å². The highest BCUT2D eigenvalue weighted by molar-refractivity contribution is 5.97. The Morgan fingerprint density at radius 1 is 1.35 bits per heavy atom. The molecule has 0 aromatic carbocycles. The fraction of sp³-hybridized carbons (Fsp3) is 0.500. The number of hydrogen-bond donors (Lipinski definition) is 2. The molecule has 1 fully saturated rings. The largest absolute Gasteiger partial charge is 0.372 e. The Labute approximate surface area is 101 Å². The molecule has 1 aromatic rings. The van der Waals surface area contributed by atoms with E-state index in [1.807, 2.05) is 6.07 Å². The molecule has 1 aliphatic heterocycles. The second-order valence-electron chi connectivity index (χ2n) is 4.23. The van der Waals surface area contributed by atoms with Gasteiger partial charge in [-0.05, 0) is 31.4 Å². The third-order valence-corrected chi connectivity index (χ3v) is 3.06. The average molecular weight is 234 g/mol. The van der Waals surface area contributed by atoms with Gasteiger partial charge in [0.25, 0.3) is 5.91 Å². The van der Waals surface area contributed by atoms with Crippen LogP contribution in [0.3, 0.4) is 0 Å². The van der Waals surface area contributed by atoms with Gasteiger partial charge in [-0.15, -0.1) is 0 Å². The number of amides is 1. The minimum absolute atomic E-state index is 0.438. The minimum atomic E-state index is -0.452. The van der Waals surface area contributed by atoms with Crippen molar-refractivity contribution in [3.8, 4) is 0 Å². The number of aromatic nitrogens is 1. The normalized spacial score (nSPS) is 15.7. The number of carbonyl (C=O) groups is 1. The van der Waals surface area contributed by atoms with E-state index in [2.05, 4.69) is 15.2 Å². The van der Waals surface area contributed by atoms with Crippen LogP contribution in [-0.2, 0) is 0 Å². The standard InChI is InChI=1S/C12H18N4O/c1-14-12-9(11(13)17)5-6-10(15-12)16-7-3-2-4-8-16/h5-6H,2-4,7-8H2,1H3,(H2,13,17)(H,14,15). The monoisotopic (exact) mass is 234 g/mol. The molecular formula is C12H18N4O. The van der Waals surface area contributed by atoms with E-state index in [0.29, 0.717) is 11.4 Å². The van der Waals surface area contributed by atoms with Crippen LogP contribution < -0.4 is 16.0 Å². The van der Waals surface area contributed by atoms with E-state index in [9.17, 15) is 4.79 Å². The molecule has 1 aliphatic rings. The van der Waals surface area contributed by atoms with Crippen molar-refractivity contribution < 1.29 is 4.79 Å². The Bertz CT molecular complexity index is 413. The van der Waals surface area contributed by atoms with Crippen LogP contribution in [0.1, 0.15) is 29.6 Å². The Hall–Kier alpha value is -1.78. The number of pyridine rings is 1. The smallest absolute Gasteiger partial charge is 0.252 e. The first-order valence-electron chi connectivity index (χ1n) is 5.96. The first-order chi connectivity index (χ1) is 8.22. The quantitative estimate of drug-likeness (QED) is 0.824. The lowest BCUT2D eigenvalue weighted by atomic mass is 10.1. The summed E-state index contributed by atoms with van der Waals surface area (Å²) in [6, 6.07) is 3.61. The lowest BCUT2D eigenvalue weighted by Crippen LogP contribution is -2.30. The molecule has 0 aliphatic carbocycles. The van der Waals surface area contributed by atoms with Crippen molar-refractivity contribution in [3.63, 3.8) is 0 Å². The molecule has 0 radical (unpaired) electrons. The van der Waals surface area contributed by atoms with E-state index < -0.39 is 5.91 Å². The molecule has 5 heteroatoms. The zero-order chi connectivity index (χ0) is 12.3. The van der Waals surface area contributed by atoms with Gasteiger partial charge in [-0.2, -0.15) is 0 Å². The molecule has 92 valence electrons. The van der Waals surface area contributed by atoms with Gasteiger partial charge >= 0.3 is 0 Å². The maximum absolute atomic E-state index is 11.2. The van der Waals surface area contributed by atoms with E-state index in [0.717, 1.165) is 18.9 Å². The van der Waals surface area contributed by atoms with Crippen molar-refractivity contribution in [3.05, 3.63) is 17.7 Å². The van der Waals surface area contributed by atoms with Crippen molar-refractivity contribution in [2.75, 3.05) is 30.4 Å². The second-order valence-corrected chi connectivity index (χ2v) is 4.23. The zero-order valence-corrected chi connectivity index (χ0v) is 10.1. The topological polar surface area (TPSA) is 71.2 Å². The molecule has 1 aromatic heterocycles. The summed E-state index contributed by atoms with van der Waals surface area (Å²) < 4.78 is 0. The maximum Gasteiger partial charge on any atom is 0.252 e. The summed E-state index contributed by atoms with van der Waals surface area (Å²) in [6.45, 7) is 2.07. The summed E-state index contributed by atoms with van der Waals surface area (Å²) in [7, 11) is 1.74. The highest BCUT2D eigenvalue weighted by atomic mass is 16.1. The van der Waals surface area contributed by atoms with Gasteiger partial charge in [-0.25, -0.2) is 4.98 Å². The molecule has 0 saturated carbocycles. The predicted molar refractivity (Wildman–Crippen MR) is 68.4 cm³/mol. The van der Waals surface area contributed by atoms with E-state index in [4.69, 9.17) is 5.73 Å². The Morgan fingerprint density at radius 3 is 2.65 bits per heavy atom. The molecular weight excluding hydrogens is 216 g/mol. The molecule has 0 spiro atoms. The van der Waals surface area contributed by atoms with Gasteiger partial charge in [0.15, 0.2) is 0 Å². The number of rotatable bonds is 3. The van der Waals surface area contributed by atoms with Crippen LogP contribution in [0.15, 0.2) is 12.1 Å². The fourth-order valence-corrected chi connectivity index (χ4v) is 2.14. The number of carbonyl (C=O) groups excluding carboxylic acids is 1. The van der Waals surface area contributed by atoms with Gasteiger partial charge in [-0.3, -0.25) is 4.79 Å². The number of nitrogens with one attached hydrogen (secondary N) is 1. The first kappa shape index (κ1) is 11.7. The predicted octanol–water partition coefficient (Wildman–Crippen LogP) is 1.21. The molecule has 0 unspecified atom stereocenters. The van der Waals surface area contributed by atoms with E-state index >= 15 is 0 Å². The van der Waals surface area contributed by atoms with Crippen molar-refractivity contribution in [1.82, 2.24) is 4.98 Å². The number of nitrogens with zero attached hydrogens (tertiary/aromatic N) is 2. The minimum Gasteiger partial charge on any atom is -0.372 e. The molecule has 0 bridgehead atoms.